The van der Waals surface area contributed by atoms with Gasteiger partial charge in [0.15, 0.2) is 0 Å². The van der Waals surface area contributed by atoms with Crippen LogP contribution in [-0.4, -0.2) is 12.2 Å². The zero-order chi connectivity index (χ0) is 14.3. The molecule has 0 aromatic heterocycles. The van der Waals surface area contributed by atoms with Crippen LogP contribution < -0.4 is 4.74 Å². The predicted molar refractivity (Wildman–Crippen MR) is 75.5 cm³/mol. The lowest BCUT2D eigenvalue weighted by atomic mass is 9.86. The van der Waals surface area contributed by atoms with E-state index in [0.717, 1.165) is 5.56 Å². The van der Waals surface area contributed by atoms with Gasteiger partial charge in [-0.1, -0.05) is 23.8 Å². The molecular weight excluding hydrogens is 255 g/mol. The number of aliphatic hydroxyl groups is 1. The first kappa shape index (κ1) is 13.1. The van der Waals surface area contributed by atoms with Crippen molar-refractivity contribution < 1.29 is 14.2 Å². The smallest absolute Gasteiger partial charge is 0.126 e. The van der Waals surface area contributed by atoms with Gasteiger partial charge in [0.1, 0.15) is 17.2 Å². The molecule has 0 radical (unpaired) electrons. The minimum atomic E-state index is -1.17. The van der Waals surface area contributed by atoms with Gasteiger partial charge in [0, 0.05) is 5.56 Å². The summed E-state index contributed by atoms with van der Waals surface area (Å²) >= 11 is 0. The third kappa shape index (κ3) is 1.81. The highest BCUT2D eigenvalue weighted by Gasteiger charge is 2.41. The topological polar surface area (TPSA) is 29.5 Å². The lowest BCUT2D eigenvalue weighted by Crippen LogP contribution is -2.25. The van der Waals surface area contributed by atoms with Crippen molar-refractivity contribution in [3.8, 4) is 5.75 Å². The zero-order valence-electron chi connectivity index (χ0n) is 11.6. The molecule has 0 amide bonds. The molecule has 3 heteroatoms. The summed E-state index contributed by atoms with van der Waals surface area (Å²) < 4.78 is 19.2. The quantitative estimate of drug-likeness (QED) is 0.908. The minimum Gasteiger partial charge on any atom is -0.496 e. The lowest BCUT2D eigenvalue weighted by Gasteiger charge is -2.27. The molecule has 0 bridgehead atoms. The molecule has 1 atom stereocenters. The molecular formula is C17H17FO2. The highest BCUT2D eigenvalue weighted by molar-refractivity contribution is 5.51. The van der Waals surface area contributed by atoms with Crippen LogP contribution in [-0.2, 0) is 12.0 Å². The molecule has 2 aromatic rings. The lowest BCUT2D eigenvalue weighted by molar-refractivity contribution is 0.0799. The van der Waals surface area contributed by atoms with Crippen LogP contribution >= 0.6 is 0 Å². The van der Waals surface area contributed by atoms with E-state index in [9.17, 15) is 9.50 Å². The van der Waals surface area contributed by atoms with E-state index in [1.807, 2.05) is 25.1 Å². The van der Waals surface area contributed by atoms with Crippen molar-refractivity contribution in [2.24, 2.45) is 0 Å². The van der Waals surface area contributed by atoms with E-state index in [2.05, 4.69) is 0 Å². The van der Waals surface area contributed by atoms with Crippen LogP contribution in [0.4, 0.5) is 4.39 Å². The van der Waals surface area contributed by atoms with Gasteiger partial charge in [-0.15, -0.1) is 0 Å². The number of ether oxygens (including phenoxy) is 1. The van der Waals surface area contributed by atoms with Gasteiger partial charge < -0.3 is 9.84 Å². The van der Waals surface area contributed by atoms with E-state index in [0.29, 0.717) is 35.3 Å². The van der Waals surface area contributed by atoms with Gasteiger partial charge >= 0.3 is 0 Å². The Balaban J connectivity index is 2.22. The number of fused-ring (bicyclic) bond motifs is 1. The van der Waals surface area contributed by atoms with Crippen LogP contribution in [0.5, 0.6) is 5.75 Å². The molecule has 0 heterocycles. The van der Waals surface area contributed by atoms with Crippen molar-refractivity contribution in [2.75, 3.05) is 7.11 Å². The molecule has 1 aliphatic carbocycles. The molecule has 0 fully saturated rings. The van der Waals surface area contributed by atoms with Gasteiger partial charge in [0.2, 0.25) is 0 Å². The van der Waals surface area contributed by atoms with Gasteiger partial charge in [-0.2, -0.15) is 0 Å². The van der Waals surface area contributed by atoms with Gasteiger partial charge in [-0.3, -0.25) is 0 Å². The third-order valence-corrected chi connectivity index (χ3v) is 4.10. The minimum absolute atomic E-state index is 0.245. The predicted octanol–water partition coefficient (Wildman–Crippen LogP) is 3.32. The van der Waals surface area contributed by atoms with E-state index in [1.165, 1.54) is 6.07 Å². The van der Waals surface area contributed by atoms with Crippen LogP contribution in [0.15, 0.2) is 36.4 Å². The van der Waals surface area contributed by atoms with Crippen molar-refractivity contribution in [3.05, 3.63) is 64.5 Å². The molecule has 20 heavy (non-hydrogen) atoms. The fraction of sp³-hybridized carbons (Fsp3) is 0.294. The average molecular weight is 272 g/mol. The van der Waals surface area contributed by atoms with Crippen molar-refractivity contribution >= 4 is 0 Å². The summed E-state index contributed by atoms with van der Waals surface area (Å²) in [6.07, 6.45) is 1.01. The molecule has 0 aliphatic heterocycles. The fourth-order valence-corrected chi connectivity index (χ4v) is 3.07. The van der Waals surface area contributed by atoms with Crippen molar-refractivity contribution in [3.63, 3.8) is 0 Å². The molecule has 0 saturated heterocycles. The summed E-state index contributed by atoms with van der Waals surface area (Å²) in [7, 11) is 1.58. The number of halogens is 1. The van der Waals surface area contributed by atoms with Crippen LogP contribution in [0.1, 0.15) is 28.7 Å². The summed E-state index contributed by atoms with van der Waals surface area (Å²) in [5.41, 5.74) is 1.85. The SMILES string of the molecule is COc1ccc(C)cc1C1(O)CCc2c(F)cccc21. The normalized spacial score (nSPS) is 20.8. The number of hydrogen-bond acceptors (Lipinski definition) is 2. The molecule has 2 nitrogen and oxygen atoms in total. The molecule has 0 saturated carbocycles. The summed E-state index contributed by atoms with van der Waals surface area (Å²) in [5, 5.41) is 11.1. The molecule has 2 aromatic carbocycles. The van der Waals surface area contributed by atoms with Crippen LogP contribution in [0.25, 0.3) is 0 Å². The largest absolute Gasteiger partial charge is 0.496 e. The second-order valence-electron chi connectivity index (χ2n) is 5.33. The third-order valence-electron chi connectivity index (χ3n) is 4.10. The highest BCUT2D eigenvalue weighted by Crippen LogP contribution is 2.46. The van der Waals surface area contributed by atoms with E-state index in [4.69, 9.17) is 4.74 Å². The Labute approximate surface area is 117 Å². The number of hydrogen-bond donors (Lipinski definition) is 1. The van der Waals surface area contributed by atoms with E-state index in [-0.39, 0.29) is 5.82 Å². The maximum Gasteiger partial charge on any atom is 0.126 e. The van der Waals surface area contributed by atoms with Crippen LogP contribution in [0, 0.1) is 12.7 Å². The van der Waals surface area contributed by atoms with E-state index < -0.39 is 5.60 Å². The Morgan fingerprint density at radius 3 is 2.75 bits per heavy atom. The first-order valence-electron chi connectivity index (χ1n) is 6.71. The molecule has 1 N–H and O–H groups in total. The molecule has 0 spiro atoms. The van der Waals surface area contributed by atoms with Gasteiger partial charge in [-0.05, 0) is 49.1 Å². The Hall–Kier alpha value is -1.87. The van der Waals surface area contributed by atoms with Crippen LogP contribution in [0.3, 0.4) is 0 Å². The van der Waals surface area contributed by atoms with Gasteiger partial charge in [0.25, 0.3) is 0 Å². The van der Waals surface area contributed by atoms with Gasteiger partial charge in [0.05, 0.1) is 7.11 Å². The van der Waals surface area contributed by atoms with Crippen molar-refractivity contribution in [1.82, 2.24) is 0 Å². The Morgan fingerprint density at radius 2 is 2.00 bits per heavy atom. The maximum atomic E-state index is 13.9. The number of aryl methyl sites for hydroxylation is 1. The second-order valence-corrected chi connectivity index (χ2v) is 5.33. The number of methoxy groups -OCH3 is 1. The van der Waals surface area contributed by atoms with E-state index >= 15 is 0 Å². The number of benzene rings is 2. The molecule has 3 rings (SSSR count). The Morgan fingerprint density at radius 1 is 1.20 bits per heavy atom. The summed E-state index contributed by atoms with van der Waals surface area (Å²) in [4.78, 5) is 0. The first-order chi connectivity index (χ1) is 9.56. The van der Waals surface area contributed by atoms with E-state index in [1.54, 1.807) is 19.2 Å². The summed E-state index contributed by atoms with van der Waals surface area (Å²) in [5.74, 6) is 0.389. The number of rotatable bonds is 2. The maximum absolute atomic E-state index is 13.9. The van der Waals surface area contributed by atoms with Crippen molar-refractivity contribution in [1.29, 1.82) is 0 Å². The highest BCUT2D eigenvalue weighted by atomic mass is 19.1. The fourth-order valence-electron chi connectivity index (χ4n) is 3.07. The zero-order valence-corrected chi connectivity index (χ0v) is 11.6. The summed E-state index contributed by atoms with van der Waals surface area (Å²) in [6.45, 7) is 1.97. The Kier molecular flexibility index (Phi) is 3.02. The van der Waals surface area contributed by atoms with Crippen LogP contribution in [0.2, 0.25) is 0 Å². The molecule has 1 unspecified atom stereocenters. The summed E-state index contributed by atoms with van der Waals surface area (Å²) in [6, 6.07) is 10.6. The second kappa shape index (κ2) is 4.60. The van der Waals surface area contributed by atoms with Gasteiger partial charge in [-0.25, -0.2) is 4.39 Å². The Bertz CT molecular complexity index is 666. The molecule has 1 aliphatic rings. The monoisotopic (exact) mass is 272 g/mol. The molecule has 104 valence electrons. The van der Waals surface area contributed by atoms with Crippen molar-refractivity contribution in [2.45, 2.75) is 25.4 Å². The average Bonchev–Trinajstić information content (AvgIpc) is 2.79. The first-order valence-corrected chi connectivity index (χ1v) is 6.71. The standard InChI is InChI=1S/C17H17FO2/c1-11-6-7-16(20-2)14(10-11)17(19)9-8-12-13(17)4-3-5-15(12)18/h3-7,10,19H,8-9H2,1-2H3.